The molecule has 3 rings (SSSR count). The fraction of sp³-hybridized carbons (Fsp3) is 0.714. The molecule has 7 heteroatoms. The summed E-state index contributed by atoms with van der Waals surface area (Å²) in [5.41, 5.74) is 0.512. The quantitative estimate of drug-likeness (QED) is 0.869. The molecule has 0 aromatic carbocycles. The molecule has 1 amide bonds. The highest BCUT2D eigenvalue weighted by atomic mass is 32.2. The van der Waals surface area contributed by atoms with Crippen LogP contribution in [0.25, 0.3) is 0 Å². The third kappa shape index (κ3) is 2.85. The molecular weight excluding hydrogens is 308 g/mol. The molecule has 2 aliphatic carbocycles. The Labute approximate surface area is 129 Å². The van der Waals surface area contributed by atoms with Gasteiger partial charge in [-0.3, -0.25) is 4.79 Å². The Bertz CT molecular complexity index is 653. The average molecular weight is 328 g/mol. The Kier molecular flexibility index (Phi) is 3.81. The first-order valence-electron chi connectivity index (χ1n) is 7.44. The SMILES string of the molecule is CCS(=O)(=O)c1ncc(C(=O)NCCC23CCCC2C3)s1. The van der Waals surface area contributed by atoms with E-state index in [0.29, 0.717) is 16.8 Å². The van der Waals surface area contributed by atoms with E-state index in [1.807, 2.05) is 0 Å². The zero-order valence-corrected chi connectivity index (χ0v) is 13.7. The highest BCUT2D eigenvalue weighted by Gasteiger charge is 2.55. The van der Waals surface area contributed by atoms with Crippen LogP contribution in [0.3, 0.4) is 0 Å². The molecule has 1 aromatic rings. The topological polar surface area (TPSA) is 76.1 Å². The van der Waals surface area contributed by atoms with Crippen LogP contribution in [-0.4, -0.2) is 31.6 Å². The number of nitrogens with zero attached hydrogens (tertiary/aromatic N) is 1. The maximum atomic E-state index is 12.0. The van der Waals surface area contributed by atoms with Crippen molar-refractivity contribution in [3.63, 3.8) is 0 Å². The molecule has 2 unspecified atom stereocenters. The van der Waals surface area contributed by atoms with E-state index in [1.165, 1.54) is 31.9 Å². The molecule has 5 nitrogen and oxygen atoms in total. The van der Waals surface area contributed by atoms with Gasteiger partial charge < -0.3 is 5.32 Å². The minimum Gasteiger partial charge on any atom is -0.351 e. The van der Waals surface area contributed by atoms with Gasteiger partial charge in [-0.1, -0.05) is 24.7 Å². The molecule has 1 heterocycles. The minimum atomic E-state index is -3.32. The Morgan fingerprint density at radius 2 is 2.38 bits per heavy atom. The van der Waals surface area contributed by atoms with Crippen LogP contribution in [0.4, 0.5) is 0 Å². The van der Waals surface area contributed by atoms with Crippen LogP contribution in [-0.2, 0) is 9.84 Å². The molecule has 2 saturated carbocycles. The zero-order valence-electron chi connectivity index (χ0n) is 12.1. The maximum Gasteiger partial charge on any atom is 0.263 e. The summed E-state index contributed by atoms with van der Waals surface area (Å²) < 4.78 is 23.4. The summed E-state index contributed by atoms with van der Waals surface area (Å²) in [5.74, 6) is 0.682. The average Bonchev–Trinajstić information content (AvgIpc) is 2.87. The van der Waals surface area contributed by atoms with Crippen molar-refractivity contribution in [2.45, 2.75) is 43.4 Å². The lowest BCUT2D eigenvalue weighted by molar-refractivity contribution is 0.0954. The van der Waals surface area contributed by atoms with Crippen molar-refractivity contribution in [2.75, 3.05) is 12.3 Å². The van der Waals surface area contributed by atoms with Crippen molar-refractivity contribution in [1.82, 2.24) is 10.3 Å². The maximum absolute atomic E-state index is 12.0. The largest absolute Gasteiger partial charge is 0.351 e. The van der Waals surface area contributed by atoms with E-state index >= 15 is 0 Å². The van der Waals surface area contributed by atoms with Gasteiger partial charge in [0.25, 0.3) is 5.91 Å². The van der Waals surface area contributed by atoms with E-state index in [1.54, 1.807) is 6.92 Å². The summed E-state index contributed by atoms with van der Waals surface area (Å²) in [7, 11) is -3.32. The Morgan fingerprint density at radius 1 is 1.57 bits per heavy atom. The molecule has 2 aliphatic rings. The number of nitrogens with one attached hydrogen (secondary N) is 1. The highest BCUT2D eigenvalue weighted by Crippen LogP contribution is 2.65. The number of hydrogen-bond acceptors (Lipinski definition) is 5. The van der Waals surface area contributed by atoms with Gasteiger partial charge in [0.1, 0.15) is 4.88 Å². The number of carbonyl (C=O) groups excluding carboxylic acids is 1. The molecule has 2 atom stereocenters. The van der Waals surface area contributed by atoms with Crippen molar-refractivity contribution >= 4 is 27.1 Å². The van der Waals surface area contributed by atoms with Crippen molar-refractivity contribution in [1.29, 1.82) is 0 Å². The van der Waals surface area contributed by atoms with Gasteiger partial charge in [0.15, 0.2) is 0 Å². The van der Waals surface area contributed by atoms with Gasteiger partial charge >= 0.3 is 0 Å². The Balaban J connectivity index is 1.54. The third-order valence-corrected chi connectivity index (χ3v) is 8.05. The molecule has 21 heavy (non-hydrogen) atoms. The first kappa shape index (κ1) is 15.0. The molecule has 116 valence electrons. The van der Waals surface area contributed by atoms with E-state index in [0.717, 1.165) is 23.7 Å². The van der Waals surface area contributed by atoms with E-state index in [-0.39, 0.29) is 16.0 Å². The molecule has 0 spiro atoms. The summed E-state index contributed by atoms with van der Waals surface area (Å²) in [4.78, 5) is 16.3. The van der Waals surface area contributed by atoms with Crippen LogP contribution >= 0.6 is 11.3 Å². The lowest BCUT2D eigenvalue weighted by atomic mass is 9.99. The van der Waals surface area contributed by atoms with Gasteiger partial charge in [0, 0.05) is 6.54 Å². The number of rotatable bonds is 6. The zero-order chi connectivity index (χ0) is 15.1. The van der Waals surface area contributed by atoms with Crippen LogP contribution in [0.1, 0.15) is 48.7 Å². The second-order valence-corrected chi connectivity index (χ2v) is 9.54. The summed E-state index contributed by atoms with van der Waals surface area (Å²) >= 11 is 0.954. The molecule has 2 fully saturated rings. The molecular formula is C14H20N2O3S2. The van der Waals surface area contributed by atoms with Gasteiger partial charge in [0.05, 0.1) is 11.9 Å². The van der Waals surface area contributed by atoms with Crippen LogP contribution < -0.4 is 5.32 Å². The standard InChI is InChI=1S/C14H20N2O3S2/c1-2-21(18,19)13-16-9-11(20-13)12(17)15-7-6-14-5-3-4-10(14)8-14/h9-10H,2-8H2,1H3,(H,15,17). The van der Waals surface area contributed by atoms with Crippen molar-refractivity contribution in [2.24, 2.45) is 11.3 Å². The monoisotopic (exact) mass is 328 g/mol. The lowest BCUT2D eigenvalue weighted by Crippen LogP contribution is -2.25. The van der Waals surface area contributed by atoms with Gasteiger partial charge in [-0.2, -0.15) is 0 Å². The number of fused-ring (bicyclic) bond motifs is 1. The summed E-state index contributed by atoms with van der Waals surface area (Å²) in [6.07, 6.45) is 7.70. The molecule has 1 N–H and O–H groups in total. The normalized spacial score (nSPS) is 27.4. The van der Waals surface area contributed by atoms with Gasteiger partial charge in [-0.05, 0) is 37.0 Å². The Morgan fingerprint density at radius 3 is 3.00 bits per heavy atom. The fourth-order valence-corrected chi connectivity index (χ4v) is 5.58. The van der Waals surface area contributed by atoms with Gasteiger partial charge in [-0.15, -0.1) is 0 Å². The Hall–Kier alpha value is -0.950. The molecule has 0 aliphatic heterocycles. The van der Waals surface area contributed by atoms with Gasteiger partial charge in [0.2, 0.25) is 14.2 Å². The van der Waals surface area contributed by atoms with E-state index < -0.39 is 9.84 Å². The van der Waals surface area contributed by atoms with E-state index in [9.17, 15) is 13.2 Å². The second kappa shape index (κ2) is 5.35. The van der Waals surface area contributed by atoms with E-state index in [2.05, 4.69) is 10.3 Å². The first-order valence-corrected chi connectivity index (χ1v) is 9.90. The van der Waals surface area contributed by atoms with Crippen LogP contribution in [0, 0.1) is 11.3 Å². The molecule has 0 bridgehead atoms. The van der Waals surface area contributed by atoms with E-state index in [4.69, 9.17) is 0 Å². The number of hydrogen-bond donors (Lipinski definition) is 1. The number of thiazole rings is 1. The molecule has 0 saturated heterocycles. The number of aromatic nitrogens is 1. The predicted molar refractivity (Wildman–Crippen MR) is 81.2 cm³/mol. The molecule has 0 radical (unpaired) electrons. The number of amides is 1. The van der Waals surface area contributed by atoms with Crippen molar-refractivity contribution in [3.05, 3.63) is 11.1 Å². The van der Waals surface area contributed by atoms with Gasteiger partial charge in [-0.25, -0.2) is 13.4 Å². The summed E-state index contributed by atoms with van der Waals surface area (Å²) in [6.45, 7) is 2.24. The fourth-order valence-electron chi connectivity index (χ4n) is 3.42. The van der Waals surface area contributed by atoms with Crippen LogP contribution in [0.15, 0.2) is 10.5 Å². The molecule has 1 aromatic heterocycles. The minimum absolute atomic E-state index is 0.00544. The highest BCUT2D eigenvalue weighted by molar-refractivity contribution is 7.93. The smallest absolute Gasteiger partial charge is 0.263 e. The first-order chi connectivity index (χ1) is 9.97. The number of carbonyl (C=O) groups is 1. The number of sulfone groups is 1. The van der Waals surface area contributed by atoms with Crippen molar-refractivity contribution in [3.8, 4) is 0 Å². The van der Waals surface area contributed by atoms with Crippen molar-refractivity contribution < 1.29 is 13.2 Å². The predicted octanol–water partition coefficient (Wildman–Crippen LogP) is 2.25. The van der Waals surface area contributed by atoms with Crippen LogP contribution in [0.5, 0.6) is 0 Å². The summed E-state index contributed by atoms with van der Waals surface area (Å²) in [5, 5.41) is 2.90. The lowest BCUT2D eigenvalue weighted by Gasteiger charge is -2.11. The third-order valence-electron chi connectivity index (χ3n) is 4.85. The van der Waals surface area contributed by atoms with Crippen LogP contribution in [0.2, 0.25) is 0 Å². The second-order valence-electron chi connectivity index (χ2n) is 6.06. The summed E-state index contributed by atoms with van der Waals surface area (Å²) in [6, 6.07) is 0.